The molecule has 0 aliphatic carbocycles. The lowest BCUT2D eigenvalue weighted by molar-refractivity contribution is -0.141. The summed E-state index contributed by atoms with van der Waals surface area (Å²) in [6, 6.07) is 0. The second-order valence-corrected chi connectivity index (χ2v) is 6.66. The standard InChI is InChI=1S/C14H16BrClF3N5O/c1-8-10(15)6-23(21-8)5-3-4-20-11(25)7-24-9(2)12(16)13(22-24)14(17,18)19/h6H,3-5,7H2,1-2H3,(H,20,25). The summed E-state index contributed by atoms with van der Waals surface area (Å²) in [6.45, 7) is 3.91. The number of carbonyl (C=O) groups excluding carboxylic acids is 1. The largest absolute Gasteiger partial charge is 0.436 e. The molecule has 1 amide bonds. The Bertz CT molecular complexity index is 752. The van der Waals surface area contributed by atoms with Crippen LogP contribution in [0.1, 0.15) is 23.5 Å². The summed E-state index contributed by atoms with van der Waals surface area (Å²) < 4.78 is 41.8. The molecule has 0 atom stereocenters. The molecule has 138 valence electrons. The molecule has 2 aromatic rings. The number of halogens is 5. The topological polar surface area (TPSA) is 64.7 Å². The third kappa shape index (κ3) is 4.97. The highest BCUT2D eigenvalue weighted by Gasteiger charge is 2.38. The van der Waals surface area contributed by atoms with Crippen LogP contribution in [0.5, 0.6) is 0 Å². The van der Waals surface area contributed by atoms with Crippen molar-refractivity contribution in [3.63, 3.8) is 0 Å². The van der Waals surface area contributed by atoms with E-state index in [4.69, 9.17) is 11.6 Å². The summed E-state index contributed by atoms with van der Waals surface area (Å²) in [5.41, 5.74) is -0.212. The SMILES string of the molecule is Cc1nn(CCCNC(=O)Cn2nc(C(F)(F)F)c(Cl)c2C)cc1Br. The van der Waals surface area contributed by atoms with E-state index in [0.29, 0.717) is 19.5 Å². The van der Waals surface area contributed by atoms with Crippen molar-refractivity contribution in [2.75, 3.05) is 6.54 Å². The molecule has 1 N–H and O–H groups in total. The smallest absolute Gasteiger partial charge is 0.354 e. The van der Waals surface area contributed by atoms with Crippen LogP contribution < -0.4 is 5.32 Å². The lowest BCUT2D eigenvalue weighted by atomic mass is 10.3. The first-order valence-corrected chi connectivity index (χ1v) is 8.53. The average Bonchev–Trinajstić information content (AvgIpc) is 2.97. The number of hydrogen-bond acceptors (Lipinski definition) is 3. The zero-order chi connectivity index (χ0) is 18.8. The summed E-state index contributed by atoms with van der Waals surface area (Å²) >= 11 is 9.00. The van der Waals surface area contributed by atoms with E-state index in [1.807, 2.05) is 13.1 Å². The van der Waals surface area contributed by atoms with E-state index in [9.17, 15) is 18.0 Å². The molecule has 2 aromatic heterocycles. The van der Waals surface area contributed by atoms with Gasteiger partial charge in [0.1, 0.15) is 6.54 Å². The van der Waals surface area contributed by atoms with Gasteiger partial charge in [-0.15, -0.1) is 0 Å². The zero-order valence-electron chi connectivity index (χ0n) is 13.5. The quantitative estimate of drug-likeness (QED) is 0.698. The number of nitrogens with one attached hydrogen (secondary N) is 1. The fourth-order valence-electron chi connectivity index (χ4n) is 2.13. The van der Waals surface area contributed by atoms with Crippen LogP contribution in [0.4, 0.5) is 13.2 Å². The predicted octanol–water partition coefficient (Wildman–Crippen LogP) is 3.34. The Hall–Kier alpha value is -1.55. The third-order valence-corrected chi connectivity index (χ3v) is 4.70. The highest BCUT2D eigenvalue weighted by molar-refractivity contribution is 9.10. The molecule has 0 fully saturated rings. The molecule has 11 heteroatoms. The number of amides is 1. The van der Waals surface area contributed by atoms with E-state index >= 15 is 0 Å². The van der Waals surface area contributed by atoms with Crippen LogP contribution in [-0.4, -0.2) is 32.0 Å². The molecule has 0 aliphatic heterocycles. The predicted molar refractivity (Wildman–Crippen MR) is 89.3 cm³/mol. The number of nitrogens with zero attached hydrogens (tertiary/aromatic N) is 4. The van der Waals surface area contributed by atoms with Gasteiger partial charge in [0.2, 0.25) is 5.91 Å². The van der Waals surface area contributed by atoms with E-state index in [-0.39, 0.29) is 12.2 Å². The van der Waals surface area contributed by atoms with E-state index in [2.05, 4.69) is 31.4 Å². The molecule has 0 aromatic carbocycles. The molecule has 25 heavy (non-hydrogen) atoms. The van der Waals surface area contributed by atoms with E-state index in [1.165, 1.54) is 6.92 Å². The maximum atomic E-state index is 12.7. The van der Waals surface area contributed by atoms with Crippen LogP contribution in [0.3, 0.4) is 0 Å². The second kappa shape index (κ2) is 7.77. The molecule has 2 heterocycles. The summed E-state index contributed by atoms with van der Waals surface area (Å²) in [6.07, 6.45) is -2.18. The molecule has 0 unspecified atom stereocenters. The Balaban J connectivity index is 1.84. The van der Waals surface area contributed by atoms with Crippen LogP contribution in [0, 0.1) is 13.8 Å². The lowest BCUT2D eigenvalue weighted by Gasteiger charge is -2.07. The van der Waals surface area contributed by atoms with E-state index < -0.39 is 22.8 Å². The number of carbonyl (C=O) groups is 1. The van der Waals surface area contributed by atoms with E-state index in [1.54, 1.807) is 4.68 Å². The average molecular weight is 443 g/mol. The molecule has 0 spiro atoms. The van der Waals surface area contributed by atoms with Crippen LogP contribution >= 0.6 is 27.5 Å². The van der Waals surface area contributed by atoms with Gasteiger partial charge in [0.05, 0.1) is 20.9 Å². The number of aromatic nitrogens is 4. The van der Waals surface area contributed by atoms with Gasteiger partial charge in [0.15, 0.2) is 5.69 Å². The minimum absolute atomic E-state index is 0.0982. The van der Waals surface area contributed by atoms with Gasteiger partial charge in [-0.1, -0.05) is 11.6 Å². The minimum atomic E-state index is -4.65. The minimum Gasteiger partial charge on any atom is -0.354 e. The van der Waals surface area contributed by atoms with Crippen molar-refractivity contribution < 1.29 is 18.0 Å². The molecular weight excluding hydrogens is 427 g/mol. The Kier molecular flexibility index (Phi) is 6.15. The van der Waals surface area contributed by atoms with Gasteiger partial charge in [0, 0.05) is 19.3 Å². The van der Waals surface area contributed by atoms with Gasteiger partial charge in [-0.2, -0.15) is 23.4 Å². The van der Waals surface area contributed by atoms with Crippen molar-refractivity contribution in [2.45, 2.75) is 39.5 Å². The molecule has 6 nitrogen and oxygen atoms in total. The highest BCUT2D eigenvalue weighted by Crippen LogP contribution is 2.35. The van der Waals surface area contributed by atoms with Crippen molar-refractivity contribution in [3.8, 4) is 0 Å². The monoisotopic (exact) mass is 441 g/mol. The van der Waals surface area contributed by atoms with Crippen LogP contribution in [0.25, 0.3) is 0 Å². The number of rotatable bonds is 6. The molecule has 0 aliphatic rings. The molecule has 2 rings (SSSR count). The molecule has 0 saturated carbocycles. The van der Waals surface area contributed by atoms with Crippen molar-refractivity contribution in [1.82, 2.24) is 24.9 Å². The van der Waals surface area contributed by atoms with Gasteiger partial charge in [0.25, 0.3) is 0 Å². The van der Waals surface area contributed by atoms with Gasteiger partial charge >= 0.3 is 6.18 Å². The summed E-state index contributed by atoms with van der Waals surface area (Å²) in [5.74, 6) is -0.436. The van der Waals surface area contributed by atoms with Crippen LogP contribution in [0.15, 0.2) is 10.7 Å². The van der Waals surface area contributed by atoms with Gasteiger partial charge in [-0.3, -0.25) is 14.2 Å². The van der Waals surface area contributed by atoms with Gasteiger partial charge in [-0.25, -0.2) is 0 Å². The van der Waals surface area contributed by atoms with Crippen molar-refractivity contribution in [1.29, 1.82) is 0 Å². The Morgan fingerprint density at radius 2 is 2.04 bits per heavy atom. The number of alkyl halides is 3. The van der Waals surface area contributed by atoms with Gasteiger partial charge in [-0.05, 0) is 36.2 Å². The lowest BCUT2D eigenvalue weighted by Crippen LogP contribution is -2.29. The van der Waals surface area contributed by atoms with Crippen molar-refractivity contribution in [2.24, 2.45) is 0 Å². The molecule has 0 saturated heterocycles. The second-order valence-electron chi connectivity index (χ2n) is 5.43. The maximum Gasteiger partial charge on any atom is 0.436 e. The molecule has 0 bridgehead atoms. The summed E-state index contributed by atoms with van der Waals surface area (Å²) in [7, 11) is 0. The summed E-state index contributed by atoms with van der Waals surface area (Å²) in [4.78, 5) is 11.9. The highest BCUT2D eigenvalue weighted by atomic mass is 79.9. The first kappa shape index (κ1) is 19.8. The first-order valence-electron chi connectivity index (χ1n) is 7.36. The van der Waals surface area contributed by atoms with Crippen LogP contribution in [0.2, 0.25) is 5.02 Å². The number of hydrogen-bond donors (Lipinski definition) is 1. The van der Waals surface area contributed by atoms with Crippen LogP contribution in [-0.2, 0) is 24.1 Å². The normalized spacial score (nSPS) is 11.8. The zero-order valence-corrected chi connectivity index (χ0v) is 15.8. The molecular formula is C14H16BrClF3N5O. The van der Waals surface area contributed by atoms with Crippen molar-refractivity contribution >= 4 is 33.4 Å². The first-order chi connectivity index (χ1) is 11.6. The fourth-order valence-corrected chi connectivity index (χ4v) is 2.69. The van der Waals surface area contributed by atoms with Crippen molar-refractivity contribution in [3.05, 3.63) is 32.8 Å². The third-order valence-electron chi connectivity index (χ3n) is 3.47. The molecule has 0 radical (unpaired) electrons. The number of aryl methyl sites for hydroxylation is 2. The summed E-state index contributed by atoms with van der Waals surface area (Å²) in [5, 5.41) is 9.81. The Labute approximate surface area is 155 Å². The Morgan fingerprint density at radius 1 is 1.36 bits per heavy atom. The Morgan fingerprint density at radius 3 is 2.56 bits per heavy atom. The van der Waals surface area contributed by atoms with Gasteiger partial charge < -0.3 is 5.32 Å². The fraction of sp³-hybridized carbons (Fsp3) is 0.500. The van der Waals surface area contributed by atoms with E-state index in [0.717, 1.165) is 14.8 Å². The maximum absolute atomic E-state index is 12.7.